The van der Waals surface area contributed by atoms with Crippen LogP contribution in [0.2, 0.25) is 0 Å². The topological polar surface area (TPSA) is 111 Å². The summed E-state index contributed by atoms with van der Waals surface area (Å²) in [7, 11) is -1.27. The maximum Gasteiger partial charge on any atom is 0.338 e. The molecule has 2 N–H and O–H groups in total. The number of rotatable bonds is 8. The average Bonchev–Trinajstić information content (AvgIpc) is 2.72. The van der Waals surface area contributed by atoms with Crippen LogP contribution in [0, 0.1) is 6.92 Å². The van der Waals surface area contributed by atoms with Gasteiger partial charge in [0, 0.05) is 5.69 Å². The van der Waals surface area contributed by atoms with E-state index < -0.39 is 28.5 Å². The van der Waals surface area contributed by atoms with E-state index in [1.807, 2.05) is 39.0 Å². The summed E-state index contributed by atoms with van der Waals surface area (Å²) in [6.07, 6.45) is 0. The van der Waals surface area contributed by atoms with Gasteiger partial charge in [0.25, 0.3) is 5.91 Å². The Kier molecular flexibility index (Phi) is 7.58. The molecule has 162 valence electrons. The van der Waals surface area contributed by atoms with Gasteiger partial charge in [-0.1, -0.05) is 32.0 Å². The smallest absolute Gasteiger partial charge is 0.338 e. The van der Waals surface area contributed by atoms with Gasteiger partial charge in [-0.05, 0) is 49.2 Å². The zero-order valence-corrected chi connectivity index (χ0v) is 18.4. The van der Waals surface area contributed by atoms with Crippen molar-refractivity contribution in [1.29, 1.82) is 0 Å². The molecule has 1 amide bonds. The van der Waals surface area contributed by atoms with Crippen LogP contribution in [-0.2, 0) is 19.6 Å². The molecule has 9 heteroatoms. The van der Waals surface area contributed by atoms with Crippen molar-refractivity contribution in [3.63, 3.8) is 0 Å². The monoisotopic (exact) mass is 434 g/mol. The number of para-hydroxylation sites is 1. The number of nitrogens with one attached hydrogen (secondary N) is 2. The third-order valence-electron chi connectivity index (χ3n) is 4.48. The highest BCUT2D eigenvalue weighted by Gasteiger charge is 2.21. The van der Waals surface area contributed by atoms with Gasteiger partial charge < -0.3 is 14.8 Å². The molecule has 0 spiro atoms. The molecule has 8 nitrogen and oxygen atoms in total. The maximum absolute atomic E-state index is 12.4. The van der Waals surface area contributed by atoms with Crippen molar-refractivity contribution in [3.05, 3.63) is 53.1 Å². The highest BCUT2D eigenvalue weighted by Crippen LogP contribution is 2.27. The van der Waals surface area contributed by atoms with Crippen molar-refractivity contribution < 1.29 is 27.5 Å². The van der Waals surface area contributed by atoms with Gasteiger partial charge in [0.2, 0.25) is 10.0 Å². The van der Waals surface area contributed by atoms with Crippen LogP contribution in [0.25, 0.3) is 0 Å². The lowest BCUT2D eigenvalue weighted by atomic mass is 9.98. The molecule has 2 rings (SSSR count). The number of hydrogen-bond acceptors (Lipinski definition) is 6. The number of carbonyl (C=O) groups is 2. The lowest BCUT2D eigenvalue weighted by Crippen LogP contribution is -2.23. The number of aryl methyl sites for hydroxylation is 1. The first kappa shape index (κ1) is 23.4. The molecule has 0 aliphatic carbocycles. The summed E-state index contributed by atoms with van der Waals surface area (Å²) in [5.74, 6) is -1.03. The highest BCUT2D eigenvalue weighted by atomic mass is 32.2. The predicted octanol–water partition coefficient (Wildman–Crippen LogP) is 2.83. The number of benzene rings is 2. The molecule has 0 atom stereocenters. The average molecular weight is 435 g/mol. The second kappa shape index (κ2) is 9.73. The summed E-state index contributed by atoms with van der Waals surface area (Å²) < 4.78 is 36.6. The van der Waals surface area contributed by atoms with E-state index in [0.717, 1.165) is 17.2 Å². The number of anilines is 1. The van der Waals surface area contributed by atoms with E-state index in [1.54, 1.807) is 0 Å². The fourth-order valence-electron chi connectivity index (χ4n) is 2.86. The van der Waals surface area contributed by atoms with E-state index in [9.17, 15) is 18.0 Å². The molecule has 0 radical (unpaired) electrons. The number of amides is 1. The molecule has 0 saturated carbocycles. The quantitative estimate of drug-likeness (QED) is 0.618. The Balaban J connectivity index is 2.13. The summed E-state index contributed by atoms with van der Waals surface area (Å²) >= 11 is 0. The molecule has 0 heterocycles. The number of ether oxygens (including phenoxy) is 2. The molecule has 30 heavy (non-hydrogen) atoms. The summed E-state index contributed by atoms with van der Waals surface area (Å²) in [4.78, 5) is 24.5. The number of methoxy groups -OCH3 is 1. The summed E-state index contributed by atoms with van der Waals surface area (Å²) in [6, 6.07) is 9.59. The second-order valence-corrected chi connectivity index (χ2v) is 8.75. The van der Waals surface area contributed by atoms with E-state index in [0.29, 0.717) is 5.69 Å². The first-order valence-corrected chi connectivity index (χ1v) is 10.8. The first-order chi connectivity index (χ1) is 14.1. The molecular weight excluding hydrogens is 408 g/mol. The van der Waals surface area contributed by atoms with Crippen molar-refractivity contribution in [1.82, 2.24) is 4.72 Å². The van der Waals surface area contributed by atoms with Crippen LogP contribution in [0.3, 0.4) is 0 Å². The van der Waals surface area contributed by atoms with Gasteiger partial charge in [-0.3, -0.25) is 4.79 Å². The van der Waals surface area contributed by atoms with Gasteiger partial charge in [0.1, 0.15) is 10.6 Å². The van der Waals surface area contributed by atoms with Crippen molar-refractivity contribution in [2.24, 2.45) is 0 Å². The molecule has 0 aliphatic rings. The van der Waals surface area contributed by atoms with Crippen molar-refractivity contribution in [2.45, 2.75) is 31.6 Å². The van der Waals surface area contributed by atoms with E-state index in [-0.39, 0.29) is 22.1 Å². The molecule has 0 aliphatic heterocycles. The molecule has 0 unspecified atom stereocenters. The van der Waals surface area contributed by atoms with Crippen LogP contribution in [0.1, 0.15) is 41.3 Å². The van der Waals surface area contributed by atoms with Crippen LogP contribution in [-0.4, -0.2) is 41.1 Å². The minimum Gasteiger partial charge on any atom is -0.495 e. The maximum atomic E-state index is 12.4. The fourth-order valence-corrected chi connectivity index (χ4v) is 3.77. The number of sulfonamides is 1. The molecule has 2 aromatic carbocycles. The van der Waals surface area contributed by atoms with Crippen LogP contribution in [0.5, 0.6) is 5.75 Å². The minimum absolute atomic E-state index is 0.0174. The van der Waals surface area contributed by atoms with E-state index in [2.05, 4.69) is 10.0 Å². The Hall–Kier alpha value is -2.91. The zero-order chi connectivity index (χ0) is 22.5. The Morgan fingerprint density at radius 1 is 1.13 bits per heavy atom. The van der Waals surface area contributed by atoms with Gasteiger partial charge in [-0.15, -0.1) is 0 Å². The number of hydrogen-bond donors (Lipinski definition) is 2. The van der Waals surface area contributed by atoms with Crippen LogP contribution in [0.4, 0.5) is 5.69 Å². The van der Waals surface area contributed by atoms with Gasteiger partial charge >= 0.3 is 5.97 Å². The third-order valence-corrected chi connectivity index (χ3v) is 5.92. The molecular formula is C21H26N2O6S. The highest BCUT2D eigenvalue weighted by molar-refractivity contribution is 7.89. The largest absolute Gasteiger partial charge is 0.495 e. The van der Waals surface area contributed by atoms with Crippen molar-refractivity contribution >= 4 is 27.6 Å². The molecule has 0 bridgehead atoms. The van der Waals surface area contributed by atoms with Gasteiger partial charge in [-0.25, -0.2) is 17.9 Å². The number of carbonyl (C=O) groups excluding carboxylic acids is 2. The van der Waals surface area contributed by atoms with Crippen LogP contribution < -0.4 is 14.8 Å². The molecule has 0 saturated heterocycles. The predicted molar refractivity (Wildman–Crippen MR) is 113 cm³/mol. The van der Waals surface area contributed by atoms with Gasteiger partial charge in [-0.2, -0.15) is 0 Å². The summed E-state index contributed by atoms with van der Waals surface area (Å²) in [5, 5.41) is 2.79. The minimum atomic E-state index is -3.85. The Morgan fingerprint density at radius 2 is 1.83 bits per heavy atom. The summed E-state index contributed by atoms with van der Waals surface area (Å²) in [5.41, 5.74) is 2.56. The number of esters is 1. The fraction of sp³-hybridized carbons (Fsp3) is 0.333. The Bertz CT molecular complexity index is 1050. The standard InChI is InChI=1S/C21H26N2O6S/c1-13(2)16-8-6-7-14(3)20(16)23-19(24)12-29-21(25)15-9-10-17(28-5)18(11-15)30(26,27)22-4/h6-11,13,22H,12H2,1-5H3,(H,23,24). The van der Waals surface area contributed by atoms with E-state index in [1.165, 1.54) is 26.3 Å². The van der Waals surface area contributed by atoms with Crippen LogP contribution >= 0.6 is 0 Å². The zero-order valence-electron chi connectivity index (χ0n) is 17.6. The van der Waals surface area contributed by atoms with Gasteiger partial charge in [0.05, 0.1) is 12.7 Å². The normalized spacial score (nSPS) is 11.3. The second-order valence-electron chi connectivity index (χ2n) is 6.89. The molecule has 0 aromatic heterocycles. The lowest BCUT2D eigenvalue weighted by Gasteiger charge is -2.16. The first-order valence-electron chi connectivity index (χ1n) is 9.28. The van der Waals surface area contributed by atoms with E-state index in [4.69, 9.17) is 9.47 Å². The lowest BCUT2D eigenvalue weighted by molar-refractivity contribution is -0.119. The molecule has 2 aromatic rings. The third kappa shape index (κ3) is 5.37. The van der Waals surface area contributed by atoms with Crippen molar-refractivity contribution in [3.8, 4) is 5.75 Å². The Labute approximate surface area is 176 Å². The summed E-state index contributed by atoms with van der Waals surface area (Å²) in [6.45, 7) is 5.41. The van der Waals surface area contributed by atoms with Crippen molar-refractivity contribution in [2.75, 3.05) is 26.1 Å². The van der Waals surface area contributed by atoms with Gasteiger partial charge in [0.15, 0.2) is 6.61 Å². The Morgan fingerprint density at radius 3 is 2.43 bits per heavy atom. The van der Waals surface area contributed by atoms with E-state index >= 15 is 0 Å². The molecule has 0 fully saturated rings. The SMILES string of the molecule is CNS(=O)(=O)c1cc(C(=O)OCC(=O)Nc2c(C)cccc2C(C)C)ccc1OC. The van der Waals surface area contributed by atoms with Crippen LogP contribution in [0.15, 0.2) is 41.3 Å².